The number of rotatable bonds is 4. The van der Waals surface area contributed by atoms with Gasteiger partial charge in [-0.05, 0) is 39.0 Å². The van der Waals surface area contributed by atoms with Gasteiger partial charge < -0.3 is 10.1 Å². The van der Waals surface area contributed by atoms with Crippen molar-refractivity contribution in [2.45, 2.75) is 26.9 Å². The Morgan fingerprint density at radius 1 is 1.22 bits per heavy atom. The largest absolute Gasteiger partial charge is 0.449 e. The number of nitrogens with one attached hydrogen (secondary N) is 1. The van der Waals surface area contributed by atoms with Gasteiger partial charge in [0.2, 0.25) is 0 Å². The molecule has 2 aromatic rings. The van der Waals surface area contributed by atoms with Crippen LogP contribution in [0.1, 0.15) is 27.0 Å². The lowest BCUT2D eigenvalue weighted by molar-refractivity contribution is -0.123. The van der Waals surface area contributed by atoms with E-state index >= 15 is 0 Å². The highest BCUT2D eigenvalue weighted by Gasteiger charge is 2.22. The van der Waals surface area contributed by atoms with Gasteiger partial charge in [-0.15, -0.1) is 11.3 Å². The average Bonchev–Trinajstić information content (AvgIpc) is 2.80. The number of carbonyl (C=O) groups is 2. The van der Waals surface area contributed by atoms with Crippen LogP contribution in [0.3, 0.4) is 0 Å². The highest BCUT2D eigenvalue weighted by atomic mass is 32.1. The number of carbonyl (C=O) groups excluding carboxylic acids is 2. The predicted molar refractivity (Wildman–Crippen MR) is 83.7 cm³/mol. The van der Waals surface area contributed by atoms with Crippen LogP contribution in [-0.2, 0) is 9.53 Å². The third-order valence-corrected chi connectivity index (χ3v) is 4.07. The van der Waals surface area contributed by atoms with Crippen LogP contribution >= 0.6 is 11.3 Å². The number of halogens is 2. The summed E-state index contributed by atoms with van der Waals surface area (Å²) in [6.07, 6.45) is -1.12. The van der Waals surface area contributed by atoms with Gasteiger partial charge in [-0.1, -0.05) is 0 Å². The van der Waals surface area contributed by atoms with Gasteiger partial charge in [0, 0.05) is 15.8 Å². The molecule has 0 spiro atoms. The Hall–Kier alpha value is -2.28. The van der Waals surface area contributed by atoms with E-state index in [0.717, 1.165) is 21.9 Å². The average molecular weight is 339 g/mol. The minimum atomic E-state index is -1.12. The highest BCUT2D eigenvalue weighted by molar-refractivity contribution is 7.12. The van der Waals surface area contributed by atoms with Crippen LogP contribution in [0, 0.1) is 25.5 Å². The molecule has 7 heteroatoms. The van der Waals surface area contributed by atoms with Gasteiger partial charge in [0.1, 0.15) is 11.6 Å². The van der Waals surface area contributed by atoms with E-state index in [4.69, 9.17) is 4.74 Å². The maximum atomic E-state index is 13.5. The Morgan fingerprint density at radius 2 is 1.91 bits per heavy atom. The highest BCUT2D eigenvalue weighted by Crippen LogP contribution is 2.22. The van der Waals surface area contributed by atoms with Gasteiger partial charge in [-0.3, -0.25) is 4.79 Å². The van der Waals surface area contributed by atoms with Crippen molar-refractivity contribution < 1.29 is 23.1 Å². The first-order valence-electron chi connectivity index (χ1n) is 6.82. The number of benzene rings is 1. The number of hydrogen-bond donors (Lipinski definition) is 1. The smallest absolute Gasteiger partial charge is 0.340 e. The minimum Gasteiger partial charge on any atom is -0.449 e. The fraction of sp³-hybridized carbons (Fsp3) is 0.250. The molecule has 0 aliphatic rings. The van der Waals surface area contributed by atoms with Crippen molar-refractivity contribution in [3.63, 3.8) is 0 Å². The normalized spacial score (nSPS) is 11.9. The van der Waals surface area contributed by atoms with Gasteiger partial charge in [0.15, 0.2) is 6.10 Å². The zero-order chi connectivity index (χ0) is 17.1. The number of hydrogen-bond acceptors (Lipinski definition) is 4. The van der Waals surface area contributed by atoms with Crippen LogP contribution in [-0.4, -0.2) is 18.0 Å². The van der Waals surface area contributed by atoms with Crippen LogP contribution < -0.4 is 5.32 Å². The van der Waals surface area contributed by atoms with Crippen LogP contribution in [0.2, 0.25) is 0 Å². The Morgan fingerprint density at radius 3 is 2.48 bits per heavy atom. The van der Waals surface area contributed by atoms with E-state index in [9.17, 15) is 18.4 Å². The van der Waals surface area contributed by atoms with Crippen LogP contribution in [0.4, 0.5) is 14.5 Å². The lowest BCUT2D eigenvalue weighted by atomic mass is 10.2. The maximum absolute atomic E-state index is 13.5. The molecule has 1 heterocycles. The van der Waals surface area contributed by atoms with E-state index in [2.05, 4.69) is 5.32 Å². The quantitative estimate of drug-likeness (QED) is 0.862. The van der Waals surface area contributed by atoms with E-state index in [1.54, 1.807) is 13.0 Å². The molecule has 0 saturated carbocycles. The van der Waals surface area contributed by atoms with Crippen LogP contribution in [0.25, 0.3) is 0 Å². The minimum absolute atomic E-state index is 0.179. The molecule has 0 fully saturated rings. The SMILES string of the molecule is Cc1cc(C(=O)O[C@H](C)C(=O)Nc2ccc(F)cc2F)c(C)s1. The molecular weight excluding hydrogens is 324 g/mol. The molecule has 1 aromatic heterocycles. The van der Waals surface area contributed by atoms with Crippen molar-refractivity contribution in [3.8, 4) is 0 Å². The molecule has 0 radical (unpaired) electrons. The van der Waals surface area contributed by atoms with Crippen LogP contribution in [0.15, 0.2) is 24.3 Å². The van der Waals surface area contributed by atoms with E-state index in [1.165, 1.54) is 18.3 Å². The summed E-state index contributed by atoms with van der Waals surface area (Å²) < 4.78 is 31.4. The van der Waals surface area contributed by atoms with Crippen molar-refractivity contribution in [3.05, 3.63) is 51.2 Å². The standard InChI is InChI=1S/C16H15F2NO3S/c1-8-6-12(10(3)23-8)16(21)22-9(2)15(20)19-14-5-4-11(17)7-13(14)18/h4-7,9H,1-3H3,(H,19,20)/t9-/m1/s1. The van der Waals surface area contributed by atoms with Gasteiger partial charge >= 0.3 is 5.97 Å². The summed E-state index contributed by atoms with van der Waals surface area (Å²) in [6.45, 7) is 5.03. The van der Waals surface area contributed by atoms with Crippen molar-refractivity contribution >= 4 is 28.9 Å². The van der Waals surface area contributed by atoms with E-state index in [1.807, 2.05) is 6.92 Å². The molecule has 122 valence electrons. The molecule has 1 aromatic carbocycles. The molecule has 0 saturated heterocycles. The zero-order valence-electron chi connectivity index (χ0n) is 12.8. The van der Waals surface area contributed by atoms with E-state index in [0.29, 0.717) is 11.6 Å². The Kier molecular flexibility index (Phi) is 5.10. The lowest BCUT2D eigenvalue weighted by Crippen LogP contribution is -2.30. The monoisotopic (exact) mass is 339 g/mol. The first-order valence-corrected chi connectivity index (χ1v) is 7.63. The number of amides is 1. The fourth-order valence-electron chi connectivity index (χ4n) is 1.94. The van der Waals surface area contributed by atoms with Gasteiger partial charge in [-0.2, -0.15) is 0 Å². The number of ether oxygens (including phenoxy) is 1. The molecule has 1 atom stereocenters. The second-order valence-electron chi connectivity index (χ2n) is 4.99. The van der Waals surface area contributed by atoms with Crippen molar-refractivity contribution in [1.29, 1.82) is 0 Å². The predicted octanol–water partition coefficient (Wildman–Crippen LogP) is 3.83. The first-order chi connectivity index (χ1) is 10.8. The summed E-state index contributed by atoms with van der Waals surface area (Å²) in [6, 6.07) is 4.47. The molecule has 0 bridgehead atoms. The van der Waals surface area contributed by atoms with Crippen molar-refractivity contribution in [2.75, 3.05) is 5.32 Å². The van der Waals surface area contributed by atoms with Crippen molar-refractivity contribution in [1.82, 2.24) is 0 Å². The number of esters is 1. The molecule has 1 N–H and O–H groups in total. The summed E-state index contributed by atoms with van der Waals surface area (Å²) >= 11 is 1.45. The summed E-state index contributed by atoms with van der Waals surface area (Å²) in [5, 5.41) is 2.26. The molecule has 1 amide bonds. The molecule has 4 nitrogen and oxygen atoms in total. The lowest BCUT2D eigenvalue weighted by Gasteiger charge is -2.13. The molecular formula is C16H15F2NO3S. The number of anilines is 1. The van der Waals surface area contributed by atoms with E-state index in [-0.39, 0.29) is 5.69 Å². The van der Waals surface area contributed by atoms with E-state index < -0.39 is 29.6 Å². The third-order valence-electron chi connectivity index (χ3n) is 3.10. The Bertz CT molecular complexity index is 758. The topological polar surface area (TPSA) is 55.4 Å². The third kappa shape index (κ3) is 4.13. The van der Waals surface area contributed by atoms with Gasteiger partial charge in [0.25, 0.3) is 5.91 Å². The van der Waals surface area contributed by atoms with Gasteiger partial charge in [-0.25, -0.2) is 13.6 Å². The number of aryl methyl sites for hydroxylation is 2. The molecule has 0 aliphatic carbocycles. The molecule has 0 aliphatic heterocycles. The Labute approximate surface area is 136 Å². The Balaban J connectivity index is 2.02. The molecule has 23 heavy (non-hydrogen) atoms. The summed E-state index contributed by atoms with van der Waals surface area (Å²) in [4.78, 5) is 25.8. The first kappa shape index (κ1) is 17.1. The second-order valence-corrected chi connectivity index (χ2v) is 6.45. The summed E-state index contributed by atoms with van der Waals surface area (Å²) in [5.74, 6) is -2.97. The number of thiophene rings is 1. The zero-order valence-corrected chi connectivity index (χ0v) is 13.6. The second kappa shape index (κ2) is 6.87. The maximum Gasteiger partial charge on any atom is 0.340 e. The van der Waals surface area contributed by atoms with Gasteiger partial charge in [0.05, 0.1) is 11.3 Å². The van der Waals surface area contributed by atoms with Crippen molar-refractivity contribution in [2.24, 2.45) is 0 Å². The molecule has 0 unspecified atom stereocenters. The molecule has 2 rings (SSSR count). The fourth-order valence-corrected chi connectivity index (χ4v) is 2.85. The summed E-state index contributed by atoms with van der Waals surface area (Å²) in [5.41, 5.74) is 0.224. The van der Waals surface area contributed by atoms with Crippen LogP contribution in [0.5, 0.6) is 0 Å². The summed E-state index contributed by atoms with van der Waals surface area (Å²) in [7, 11) is 0.